The molecule has 8 nitrogen and oxygen atoms in total. The van der Waals surface area contributed by atoms with Crippen molar-refractivity contribution >= 4 is 48.5 Å². The van der Waals surface area contributed by atoms with Gasteiger partial charge in [-0.25, -0.2) is 14.5 Å². The SMILES string of the molecule is N=c1ncn(Cc2c(Br)cncc2Br)c2nc(-c3cnn4ccccc34)[nH]c12. The lowest BCUT2D eigenvalue weighted by Gasteiger charge is -2.10. The molecule has 0 fully saturated rings. The molecule has 5 heterocycles. The largest absolute Gasteiger partial charge is 0.333 e. The molecule has 0 saturated heterocycles. The third-order valence-corrected chi connectivity index (χ3v) is 5.85. The van der Waals surface area contributed by atoms with E-state index in [2.05, 4.69) is 51.9 Å². The highest BCUT2D eigenvalue weighted by molar-refractivity contribution is 9.11. The second kappa shape index (κ2) is 6.64. The van der Waals surface area contributed by atoms with E-state index in [-0.39, 0.29) is 5.49 Å². The predicted molar refractivity (Wildman–Crippen MR) is 111 cm³/mol. The summed E-state index contributed by atoms with van der Waals surface area (Å²) in [6.07, 6.45) is 8.78. The molecule has 28 heavy (non-hydrogen) atoms. The van der Waals surface area contributed by atoms with Crippen LogP contribution < -0.4 is 5.49 Å². The number of aromatic amines is 1. The van der Waals surface area contributed by atoms with Crippen LogP contribution in [0.1, 0.15) is 5.56 Å². The highest BCUT2D eigenvalue weighted by Gasteiger charge is 2.15. The Hall–Kier alpha value is -2.85. The number of nitrogens with zero attached hydrogens (tertiary/aromatic N) is 6. The van der Waals surface area contributed by atoms with Gasteiger partial charge in [-0.15, -0.1) is 0 Å². The number of hydrogen-bond acceptors (Lipinski definition) is 5. The molecule has 5 aromatic rings. The summed E-state index contributed by atoms with van der Waals surface area (Å²) in [4.78, 5) is 16.4. The van der Waals surface area contributed by atoms with Crippen LogP contribution in [0.3, 0.4) is 0 Å². The lowest BCUT2D eigenvalue weighted by molar-refractivity contribution is 0.776. The first kappa shape index (κ1) is 17.3. The van der Waals surface area contributed by atoms with Crippen LogP contribution in [0.2, 0.25) is 0 Å². The van der Waals surface area contributed by atoms with Gasteiger partial charge in [-0.2, -0.15) is 5.10 Å². The number of hydrogen-bond donors (Lipinski definition) is 2. The van der Waals surface area contributed by atoms with Crippen molar-refractivity contribution in [2.24, 2.45) is 0 Å². The highest BCUT2D eigenvalue weighted by atomic mass is 79.9. The van der Waals surface area contributed by atoms with Crippen molar-refractivity contribution in [1.82, 2.24) is 34.1 Å². The van der Waals surface area contributed by atoms with Gasteiger partial charge in [0.25, 0.3) is 0 Å². The van der Waals surface area contributed by atoms with E-state index in [1.807, 2.05) is 29.0 Å². The fourth-order valence-electron chi connectivity index (χ4n) is 3.10. The van der Waals surface area contributed by atoms with Crippen molar-refractivity contribution < 1.29 is 0 Å². The van der Waals surface area contributed by atoms with Gasteiger partial charge in [0.15, 0.2) is 11.1 Å². The number of pyridine rings is 2. The van der Waals surface area contributed by atoms with Crippen LogP contribution in [0, 0.1) is 5.41 Å². The van der Waals surface area contributed by atoms with E-state index in [0.717, 1.165) is 25.6 Å². The van der Waals surface area contributed by atoms with Crippen molar-refractivity contribution in [2.45, 2.75) is 6.54 Å². The van der Waals surface area contributed by atoms with E-state index in [1.165, 1.54) is 0 Å². The molecule has 0 aliphatic carbocycles. The zero-order valence-electron chi connectivity index (χ0n) is 14.3. The molecule has 138 valence electrons. The summed E-state index contributed by atoms with van der Waals surface area (Å²) >= 11 is 7.09. The van der Waals surface area contributed by atoms with E-state index in [0.29, 0.717) is 23.5 Å². The highest BCUT2D eigenvalue weighted by Crippen LogP contribution is 2.27. The number of halogens is 2. The van der Waals surface area contributed by atoms with Gasteiger partial charge in [-0.1, -0.05) is 6.07 Å². The molecule has 0 atom stereocenters. The van der Waals surface area contributed by atoms with Gasteiger partial charge in [0.05, 0.1) is 30.1 Å². The second-order valence-electron chi connectivity index (χ2n) is 6.18. The number of rotatable bonds is 3. The van der Waals surface area contributed by atoms with Crippen LogP contribution >= 0.6 is 31.9 Å². The molecule has 0 aliphatic heterocycles. The van der Waals surface area contributed by atoms with E-state index >= 15 is 0 Å². The first-order valence-electron chi connectivity index (χ1n) is 8.32. The first-order valence-corrected chi connectivity index (χ1v) is 9.91. The van der Waals surface area contributed by atoms with Crippen molar-refractivity contribution in [2.75, 3.05) is 0 Å². The number of aromatic nitrogens is 7. The molecule has 0 saturated carbocycles. The first-order chi connectivity index (χ1) is 13.6. The van der Waals surface area contributed by atoms with E-state index in [4.69, 9.17) is 10.4 Å². The van der Waals surface area contributed by atoms with Gasteiger partial charge in [-0.3, -0.25) is 10.4 Å². The molecule has 5 aromatic heterocycles. The van der Waals surface area contributed by atoms with Crippen LogP contribution in [-0.2, 0) is 6.54 Å². The fraction of sp³-hybridized carbons (Fsp3) is 0.0556. The Morgan fingerprint density at radius 2 is 1.93 bits per heavy atom. The smallest absolute Gasteiger partial charge is 0.173 e. The molecule has 0 radical (unpaired) electrons. The molecule has 0 spiro atoms. The number of fused-ring (bicyclic) bond motifs is 2. The van der Waals surface area contributed by atoms with Gasteiger partial charge >= 0.3 is 0 Å². The molecular weight excluding hydrogens is 488 g/mol. The van der Waals surface area contributed by atoms with E-state index < -0.39 is 0 Å². The maximum Gasteiger partial charge on any atom is 0.173 e. The summed E-state index contributed by atoms with van der Waals surface area (Å²) in [7, 11) is 0. The van der Waals surface area contributed by atoms with Crippen molar-refractivity contribution in [3.63, 3.8) is 0 Å². The standard InChI is InChI=1S/C18H12Br2N8/c19-12-6-22-7-13(20)11(12)8-27-9-23-16(21)15-18(27)26-17(25-15)10-5-24-28-4-2-1-3-14(10)28/h1-7,9,21H,8H2,(H,25,26). The Labute approximate surface area is 175 Å². The molecule has 0 bridgehead atoms. The summed E-state index contributed by atoms with van der Waals surface area (Å²) in [5.74, 6) is 0.652. The molecular formula is C18H12Br2N8. The monoisotopic (exact) mass is 498 g/mol. The maximum absolute atomic E-state index is 8.18. The minimum atomic E-state index is 0.148. The van der Waals surface area contributed by atoms with E-state index in [9.17, 15) is 0 Å². The van der Waals surface area contributed by atoms with Crippen LogP contribution in [0.5, 0.6) is 0 Å². The summed E-state index contributed by atoms with van der Waals surface area (Å²) in [6, 6.07) is 5.86. The molecule has 5 rings (SSSR count). The van der Waals surface area contributed by atoms with Crippen LogP contribution in [0.15, 0.2) is 58.3 Å². The predicted octanol–water partition coefficient (Wildman–Crippen LogP) is 3.52. The van der Waals surface area contributed by atoms with Gasteiger partial charge < -0.3 is 9.55 Å². The summed E-state index contributed by atoms with van der Waals surface area (Å²) in [5, 5.41) is 12.6. The van der Waals surface area contributed by atoms with E-state index in [1.54, 1.807) is 29.4 Å². The summed E-state index contributed by atoms with van der Waals surface area (Å²) in [6.45, 7) is 0.520. The van der Waals surface area contributed by atoms with Gasteiger partial charge in [0.2, 0.25) is 0 Å². The normalized spacial score (nSPS) is 11.5. The quantitative estimate of drug-likeness (QED) is 0.396. The third-order valence-electron chi connectivity index (χ3n) is 4.48. The minimum Gasteiger partial charge on any atom is -0.333 e. The lowest BCUT2D eigenvalue weighted by Crippen LogP contribution is -2.13. The molecule has 10 heteroatoms. The zero-order valence-corrected chi connectivity index (χ0v) is 17.4. The average molecular weight is 500 g/mol. The minimum absolute atomic E-state index is 0.148. The Balaban J connectivity index is 1.69. The van der Waals surface area contributed by atoms with Crippen LogP contribution in [-0.4, -0.2) is 34.1 Å². The lowest BCUT2D eigenvalue weighted by atomic mass is 10.2. The Bertz CT molecular complexity index is 1380. The second-order valence-corrected chi connectivity index (χ2v) is 7.88. The molecule has 0 unspecified atom stereocenters. The van der Waals surface area contributed by atoms with Gasteiger partial charge in [-0.05, 0) is 44.0 Å². The van der Waals surface area contributed by atoms with Crippen molar-refractivity contribution in [1.29, 1.82) is 5.41 Å². The Morgan fingerprint density at radius 3 is 2.75 bits per heavy atom. The van der Waals surface area contributed by atoms with Crippen LogP contribution in [0.25, 0.3) is 28.1 Å². The molecule has 0 aliphatic rings. The topological polar surface area (TPSA) is 101 Å². The van der Waals surface area contributed by atoms with Crippen molar-refractivity contribution in [3.8, 4) is 11.4 Å². The molecule has 2 N–H and O–H groups in total. The van der Waals surface area contributed by atoms with Crippen molar-refractivity contribution in [3.05, 3.63) is 69.3 Å². The van der Waals surface area contributed by atoms with Gasteiger partial charge in [0, 0.05) is 33.1 Å². The average Bonchev–Trinajstić information content (AvgIpc) is 3.31. The zero-order chi connectivity index (χ0) is 19.3. The number of nitrogens with one attached hydrogen (secondary N) is 2. The fourth-order valence-corrected chi connectivity index (χ4v) is 4.28. The molecule has 0 aromatic carbocycles. The Kier molecular flexibility index (Phi) is 4.09. The molecule has 0 amide bonds. The van der Waals surface area contributed by atoms with Crippen LogP contribution in [0.4, 0.5) is 0 Å². The third kappa shape index (κ3) is 2.76. The number of H-pyrrole nitrogens is 1. The Morgan fingerprint density at radius 1 is 1.11 bits per heavy atom. The summed E-state index contributed by atoms with van der Waals surface area (Å²) < 4.78 is 5.47. The van der Waals surface area contributed by atoms with Gasteiger partial charge in [0.1, 0.15) is 11.3 Å². The maximum atomic E-state index is 8.18. The summed E-state index contributed by atoms with van der Waals surface area (Å²) in [5.41, 5.74) is 4.20. The number of imidazole rings is 1.